The number of rotatable bonds is 3. The van der Waals surface area contributed by atoms with Crippen LogP contribution in [0.15, 0.2) is 18.3 Å². The smallest absolute Gasteiger partial charge is 0.213 e. The second-order valence-corrected chi connectivity index (χ2v) is 1.95. The van der Waals surface area contributed by atoms with Gasteiger partial charge in [0.2, 0.25) is 5.88 Å². The van der Waals surface area contributed by atoms with Crippen LogP contribution in [0.2, 0.25) is 0 Å². The maximum Gasteiger partial charge on any atom is 0.213 e. The quantitative estimate of drug-likeness (QED) is 0.695. The van der Waals surface area contributed by atoms with Gasteiger partial charge in [0.05, 0.1) is 6.20 Å². The van der Waals surface area contributed by atoms with Crippen molar-refractivity contribution in [3.63, 3.8) is 0 Å². The molecule has 0 aliphatic rings. The Morgan fingerprint density at radius 2 is 2.36 bits per heavy atom. The summed E-state index contributed by atoms with van der Waals surface area (Å²) in [4.78, 5) is 3.66. The Morgan fingerprint density at radius 3 is 2.91 bits per heavy atom. The SMILES string of the molecule is NCCOc1ccc(F)cn1. The van der Waals surface area contributed by atoms with E-state index in [1.807, 2.05) is 0 Å². The Morgan fingerprint density at radius 1 is 1.55 bits per heavy atom. The van der Waals surface area contributed by atoms with Crippen molar-refractivity contribution in [1.29, 1.82) is 0 Å². The summed E-state index contributed by atoms with van der Waals surface area (Å²) in [6.45, 7) is 0.831. The number of ether oxygens (including phenoxy) is 1. The molecular formula is C7H9FN2O. The average molecular weight is 156 g/mol. The third-order valence-electron chi connectivity index (χ3n) is 1.07. The van der Waals surface area contributed by atoms with Crippen LogP contribution in [0, 0.1) is 5.82 Å². The van der Waals surface area contributed by atoms with Crippen molar-refractivity contribution >= 4 is 0 Å². The third kappa shape index (κ3) is 2.51. The van der Waals surface area contributed by atoms with Crippen molar-refractivity contribution in [1.82, 2.24) is 4.98 Å². The van der Waals surface area contributed by atoms with Crippen molar-refractivity contribution in [3.8, 4) is 5.88 Å². The third-order valence-corrected chi connectivity index (χ3v) is 1.07. The molecule has 3 nitrogen and oxygen atoms in total. The zero-order valence-corrected chi connectivity index (χ0v) is 5.96. The molecular weight excluding hydrogens is 147 g/mol. The van der Waals surface area contributed by atoms with Crippen LogP contribution in [0.4, 0.5) is 4.39 Å². The highest BCUT2D eigenvalue weighted by molar-refractivity contribution is 5.10. The molecule has 0 aliphatic carbocycles. The Bertz CT molecular complexity index is 212. The zero-order chi connectivity index (χ0) is 8.10. The van der Waals surface area contributed by atoms with Crippen LogP contribution in [-0.2, 0) is 0 Å². The molecule has 0 bridgehead atoms. The van der Waals surface area contributed by atoms with E-state index < -0.39 is 0 Å². The molecule has 0 aromatic carbocycles. The van der Waals surface area contributed by atoms with Crippen LogP contribution in [0.5, 0.6) is 5.88 Å². The highest BCUT2D eigenvalue weighted by atomic mass is 19.1. The topological polar surface area (TPSA) is 48.1 Å². The number of aromatic nitrogens is 1. The zero-order valence-electron chi connectivity index (χ0n) is 5.96. The first-order chi connectivity index (χ1) is 5.33. The van der Waals surface area contributed by atoms with Crippen molar-refractivity contribution in [2.45, 2.75) is 0 Å². The Labute approximate surface area is 64.0 Å². The number of pyridine rings is 1. The molecule has 60 valence electrons. The van der Waals surface area contributed by atoms with E-state index in [1.165, 1.54) is 12.1 Å². The van der Waals surface area contributed by atoms with Crippen molar-refractivity contribution in [3.05, 3.63) is 24.1 Å². The first kappa shape index (κ1) is 7.94. The van der Waals surface area contributed by atoms with E-state index in [4.69, 9.17) is 10.5 Å². The predicted molar refractivity (Wildman–Crippen MR) is 38.7 cm³/mol. The Hall–Kier alpha value is -1.16. The summed E-state index contributed by atoms with van der Waals surface area (Å²) in [6, 6.07) is 2.75. The van der Waals surface area contributed by atoms with Gasteiger partial charge in [-0.1, -0.05) is 0 Å². The van der Waals surface area contributed by atoms with Crippen molar-refractivity contribution in [2.75, 3.05) is 13.2 Å². The highest BCUT2D eigenvalue weighted by Gasteiger charge is 1.93. The standard InChI is InChI=1S/C7H9FN2O/c8-6-1-2-7(10-5-6)11-4-3-9/h1-2,5H,3-4,9H2. The van der Waals surface area contributed by atoms with Crippen LogP contribution in [0.1, 0.15) is 0 Å². The van der Waals surface area contributed by atoms with E-state index in [2.05, 4.69) is 4.98 Å². The molecule has 0 saturated heterocycles. The molecule has 0 radical (unpaired) electrons. The van der Waals surface area contributed by atoms with E-state index >= 15 is 0 Å². The molecule has 0 unspecified atom stereocenters. The van der Waals surface area contributed by atoms with E-state index in [0.717, 1.165) is 6.20 Å². The molecule has 1 aromatic heterocycles. The van der Waals surface area contributed by atoms with Gasteiger partial charge in [-0.15, -0.1) is 0 Å². The van der Waals surface area contributed by atoms with Gasteiger partial charge in [-0.3, -0.25) is 0 Å². The van der Waals surface area contributed by atoms with E-state index in [1.54, 1.807) is 0 Å². The summed E-state index contributed by atoms with van der Waals surface area (Å²) in [6.07, 6.45) is 1.10. The first-order valence-electron chi connectivity index (χ1n) is 3.27. The van der Waals surface area contributed by atoms with Gasteiger partial charge in [0.1, 0.15) is 12.4 Å². The van der Waals surface area contributed by atoms with Crippen molar-refractivity contribution in [2.24, 2.45) is 5.73 Å². The molecule has 0 spiro atoms. The van der Waals surface area contributed by atoms with Gasteiger partial charge in [0.15, 0.2) is 0 Å². The monoisotopic (exact) mass is 156 g/mol. The van der Waals surface area contributed by atoms with E-state index in [9.17, 15) is 4.39 Å². The minimum absolute atomic E-state index is 0.370. The number of halogens is 1. The summed E-state index contributed by atoms with van der Waals surface area (Å²) < 4.78 is 17.3. The first-order valence-corrected chi connectivity index (χ1v) is 3.27. The lowest BCUT2D eigenvalue weighted by Gasteiger charge is -2.00. The summed E-state index contributed by atoms with van der Waals surface area (Å²) in [5.41, 5.74) is 5.18. The van der Waals surface area contributed by atoms with Crippen LogP contribution in [0.25, 0.3) is 0 Å². The van der Waals surface area contributed by atoms with Crippen LogP contribution >= 0.6 is 0 Å². The van der Waals surface area contributed by atoms with Crippen LogP contribution in [-0.4, -0.2) is 18.1 Å². The largest absolute Gasteiger partial charge is 0.476 e. The van der Waals surface area contributed by atoms with Gasteiger partial charge in [0.25, 0.3) is 0 Å². The fourth-order valence-electron chi connectivity index (χ4n) is 0.611. The van der Waals surface area contributed by atoms with Gasteiger partial charge in [-0.25, -0.2) is 9.37 Å². The summed E-state index contributed by atoms with van der Waals surface area (Å²) in [7, 11) is 0. The fourth-order valence-corrected chi connectivity index (χ4v) is 0.611. The highest BCUT2D eigenvalue weighted by Crippen LogP contribution is 2.05. The molecule has 0 amide bonds. The second-order valence-electron chi connectivity index (χ2n) is 1.95. The molecule has 0 saturated carbocycles. The lowest BCUT2D eigenvalue weighted by Crippen LogP contribution is -2.11. The Kier molecular flexibility index (Phi) is 2.80. The molecule has 0 fully saturated rings. The lowest BCUT2D eigenvalue weighted by molar-refractivity contribution is 0.314. The maximum absolute atomic E-state index is 12.3. The van der Waals surface area contributed by atoms with E-state index in [0.29, 0.717) is 19.0 Å². The average Bonchev–Trinajstić information content (AvgIpc) is 2.04. The van der Waals surface area contributed by atoms with Gasteiger partial charge in [-0.2, -0.15) is 0 Å². The van der Waals surface area contributed by atoms with Gasteiger partial charge in [-0.05, 0) is 6.07 Å². The normalized spacial score (nSPS) is 9.64. The van der Waals surface area contributed by atoms with Crippen molar-refractivity contribution < 1.29 is 9.13 Å². The summed E-state index contributed by atoms with van der Waals surface area (Å²) >= 11 is 0. The maximum atomic E-state index is 12.3. The number of nitrogens with two attached hydrogens (primary N) is 1. The van der Waals surface area contributed by atoms with Crippen LogP contribution < -0.4 is 10.5 Å². The minimum atomic E-state index is -0.370. The predicted octanol–water partition coefficient (Wildman–Crippen LogP) is 0.558. The molecule has 1 rings (SSSR count). The lowest BCUT2D eigenvalue weighted by atomic mass is 10.5. The number of hydrogen-bond acceptors (Lipinski definition) is 3. The van der Waals surface area contributed by atoms with Gasteiger partial charge < -0.3 is 10.5 Å². The second kappa shape index (κ2) is 3.88. The molecule has 4 heteroatoms. The molecule has 0 atom stereocenters. The molecule has 1 aromatic rings. The molecule has 0 aliphatic heterocycles. The summed E-state index contributed by atoms with van der Waals surface area (Å²) in [5, 5.41) is 0. The molecule has 11 heavy (non-hydrogen) atoms. The Balaban J connectivity index is 2.52. The van der Waals surface area contributed by atoms with Gasteiger partial charge in [0, 0.05) is 12.6 Å². The number of nitrogens with zero attached hydrogens (tertiary/aromatic N) is 1. The van der Waals surface area contributed by atoms with Crippen LogP contribution in [0.3, 0.4) is 0 Å². The number of hydrogen-bond donors (Lipinski definition) is 1. The fraction of sp³-hybridized carbons (Fsp3) is 0.286. The molecule has 2 N–H and O–H groups in total. The summed E-state index contributed by atoms with van der Waals surface area (Å²) in [5.74, 6) is 0.0296. The minimum Gasteiger partial charge on any atom is -0.476 e. The molecule has 1 heterocycles. The van der Waals surface area contributed by atoms with E-state index in [-0.39, 0.29) is 5.82 Å². The van der Waals surface area contributed by atoms with Gasteiger partial charge >= 0.3 is 0 Å².